The number of fused-ring (bicyclic) bond motifs is 1. The first kappa shape index (κ1) is 13.8. The zero-order chi connectivity index (χ0) is 14.1. The van der Waals surface area contributed by atoms with Crippen molar-refractivity contribution in [1.82, 2.24) is 14.5 Å². The van der Waals surface area contributed by atoms with Gasteiger partial charge in [-0.3, -0.25) is 4.79 Å². The third-order valence-electron chi connectivity index (χ3n) is 3.74. The molecule has 0 atom stereocenters. The van der Waals surface area contributed by atoms with E-state index in [9.17, 15) is 4.79 Å². The highest BCUT2D eigenvalue weighted by molar-refractivity contribution is 9.10. The maximum atomic E-state index is 12.4. The summed E-state index contributed by atoms with van der Waals surface area (Å²) in [7, 11) is 0. The van der Waals surface area contributed by atoms with E-state index in [1.807, 2.05) is 27.7 Å². The number of amides is 1. The van der Waals surface area contributed by atoms with Crippen molar-refractivity contribution >= 4 is 45.1 Å². The van der Waals surface area contributed by atoms with Crippen molar-refractivity contribution in [2.24, 2.45) is 0 Å². The summed E-state index contributed by atoms with van der Waals surface area (Å²) in [6.45, 7) is 2.07. The number of benzene rings is 1. The molecule has 2 heterocycles. The summed E-state index contributed by atoms with van der Waals surface area (Å²) in [5.74, 6) is 0.157. The van der Waals surface area contributed by atoms with Crippen LogP contribution in [0, 0.1) is 4.77 Å². The van der Waals surface area contributed by atoms with E-state index in [0.717, 1.165) is 41.4 Å². The van der Waals surface area contributed by atoms with Crippen LogP contribution in [0.2, 0.25) is 0 Å². The molecule has 1 fully saturated rings. The van der Waals surface area contributed by atoms with Gasteiger partial charge in [0.25, 0.3) is 0 Å². The number of likely N-dealkylation sites (tertiary alicyclic amines) is 1. The fourth-order valence-corrected chi connectivity index (χ4v) is 3.31. The van der Waals surface area contributed by atoms with Gasteiger partial charge >= 0.3 is 0 Å². The van der Waals surface area contributed by atoms with Crippen LogP contribution in [-0.4, -0.2) is 33.4 Å². The lowest BCUT2D eigenvalue weighted by Gasteiger charge is -2.26. The molecule has 0 saturated carbocycles. The van der Waals surface area contributed by atoms with Crippen LogP contribution in [0.5, 0.6) is 0 Å². The molecule has 0 spiro atoms. The number of imidazole rings is 1. The molecule has 1 N–H and O–H groups in total. The number of carbonyl (C=O) groups excluding carboxylic acids is 1. The van der Waals surface area contributed by atoms with Gasteiger partial charge in [-0.25, -0.2) is 0 Å². The minimum Gasteiger partial charge on any atom is -0.341 e. The Labute approximate surface area is 130 Å². The molecule has 1 amide bonds. The molecular formula is C14H16BrN3OS. The van der Waals surface area contributed by atoms with Gasteiger partial charge in [0.1, 0.15) is 6.54 Å². The van der Waals surface area contributed by atoms with Gasteiger partial charge in [-0.2, -0.15) is 0 Å². The number of nitrogens with zero attached hydrogens (tertiary/aromatic N) is 2. The summed E-state index contributed by atoms with van der Waals surface area (Å²) in [4.78, 5) is 17.5. The number of carbonyl (C=O) groups is 1. The average Bonchev–Trinajstić information content (AvgIpc) is 2.75. The summed E-state index contributed by atoms with van der Waals surface area (Å²) < 4.78 is 3.48. The molecule has 1 saturated heterocycles. The molecule has 0 bridgehead atoms. The molecule has 6 heteroatoms. The monoisotopic (exact) mass is 353 g/mol. The Morgan fingerprint density at radius 1 is 1.30 bits per heavy atom. The molecule has 1 aromatic carbocycles. The first-order chi connectivity index (χ1) is 9.65. The lowest BCUT2D eigenvalue weighted by Crippen LogP contribution is -2.37. The van der Waals surface area contributed by atoms with Gasteiger partial charge in [0, 0.05) is 17.6 Å². The molecule has 1 aliphatic rings. The Kier molecular flexibility index (Phi) is 3.94. The minimum absolute atomic E-state index is 0.157. The number of aromatic nitrogens is 2. The van der Waals surface area contributed by atoms with Gasteiger partial charge in [-0.05, 0) is 49.7 Å². The van der Waals surface area contributed by atoms with E-state index in [1.54, 1.807) is 0 Å². The lowest BCUT2D eigenvalue weighted by molar-refractivity contribution is -0.132. The maximum absolute atomic E-state index is 12.4. The van der Waals surface area contributed by atoms with E-state index in [0.29, 0.717) is 11.3 Å². The van der Waals surface area contributed by atoms with Crippen LogP contribution >= 0.6 is 28.1 Å². The minimum atomic E-state index is 0.157. The molecule has 3 rings (SSSR count). The predicted molar refractivity (Wildman–Crippen MR) is 85.3 cm³/mol. The molecular weight excluding hydrogens is 338 g/mol. The summed E-state index contributed by atoms with van der Waals surface area (Å²) in [5, 5.41) is 0. The SMILES string of the molecule is O=C(Cn1c(=S)[nH]c2cc(Br)ccc21)N1CCCCC1. The van der Waals surface area contributed by atoms with Gasteiger partial charge < -0.3 is 14.5 Å². The van der Waals surface area contributed by atoms with Crippen molar-refractivity contribution in [3.8, 4) is 0 Å². The Hall–Kier alpha value is -1.14. The zero-order valence-corrected chi connectivity index (χ0v) is 13.5. The van der Waals surface area contributed by atoms with Crippen molar-refractivity contribution in [3.05, 3.63) is 27.4 Å². The topological polar surface area (TPSA) is 41.0 Å². The van der Waals surface area contributed by atoms with Crippen LogP contribution < -0.4 is 0 Å². The van der Waals surface area contributed by atoms with E-state index in [4.69, 9.17) is 12.2 Å². The number of H-pyrrole nitrogens is 1. The Morgan fingerprint density at radius 3 is 2.80 bits per heavy atom. The van der Waals surface area contributed by atoms with E-state index < -0.39 is 0 Å². The van der Waals surface area contributed by atoms with E-state index in [1.165, 1.54) is 6.42 Å². The standard InChI is InChI=1S/C14H16BrN3OS/c15-10-4-5-12-11(8-10)16-14(20)18(12)9-13(19)17-6-2-1-3-7-17/h4-5,8H,1-3,6-7,9H2,(H,16,20). The molecule has 1 aliphatic heterocycles. The molecule has 20 heavy (non-hydrogen) atoms. The largest absolute Gasteiger partial charge is 0.341 e. The van der Waals surface area contributed by atoms with Gasteiger partial charge in [-0.1, -0.05) is 15.9 Å². The van der Waals surface area contributed by atoms with Gasteiger partial charge in [0.2, 0.25) is 5.91 Å². The maximum Gasteiger partial charge on any atom is 0.242 e. The van der Waals surface area contributed by atoms with Crippen LogP contribution in [0.3, 0.4) is 0 Å². The number of rotatable bonds is 2. The van der Waals surface area contributed by atoms with Crippen molar-refractivity contribution in [3.63, 3.8) is 0 Å². The second-order valence-electron chi connectivity index (χ2n) is 5.12. The third kappa shape index (κ3) is 2.67. The molecule has 4 nitrogen and oxygen atoms in total. The number of halogens is 1. The number of hydrogen-bond acceptors (Lipinski definition) is 2. The molecule has 1 aromatic heterocycles. The Balaban J connectivity index is 1.88. The van der Waals surface area contributed by atoms with Crippen LogP contribution in [0.15, 0.2) is 22.7 Å². The third-order valence-corrected chi connectivity index (χ3v) is 4.55. The normalized spacial score (nSPS) is 15.8. The number of aromatic amines is 1. The summed E-state index contributed by atoms with van der Waals surface area (Å²) in [6, 6.07) is 5.93. The van der Waals surface area contributed by atoms with E-state index >= 15 is 0 Å². The van der Waals surface area contributed by atoms with Gasteiger partial charge in [0.15, 0.2) is 4.77 Å². The van der Waals surface area contributed by atoms with Crippen LogP contribution in [0.4, 0.5) is 0 Å². The number of hydrogen-bond donors (Lipinski definition) is 1. The second-order valence-corrected chi connectivity index (χ2v) is 6.42. The molecule has 2 aromatic rings. The highest BCUT2D eigenvalue weighted by Gasteiger charge is 2.18. The van der Waals surface area contributed by atoms with Crippen molar-refractivity contribution in [2.45, 2.75) is 25.8 Å². The summed E-state index contributed by atoms with van der Waals surface area (Å²) in [6.07, 6.45) is 3.44. The number of nitrogens with one attached hydrogen (secondary N) is 1. The first-order valence-electron chi connectivity index (χ1n) is 6.81. The fourth-order valence-electron chi connectivity index (χ4n) is 2.67. The van der Waals surface area contributed by atoms with Crippen LogP contribution in [-0.2, 0) is 11.3 Å². The summed E-state index contributed by atoms with van der Waals surface area (Å²) in [5.41, 5.74) is 1.93. The zero-order valence-electron chi connectivity index (χ0n) is 11.1. The van der Waals surface area contributed by atoms with E-state index in [2.05, 4.69) is 20.9 Å². The average molecular weight is 354 g/mol. The van der Waals surface area contributed by atoms with Gasteiger partial charge in [-0.15, -0.1) is 0 Å². The van der Waals surface area contributed by atoms with E-state index in [-0.39, 0.29) is 5.91 Å². The Bertz CT molecular complexity index is 700. The highest BCUT2D eigenvalue weighted by Crippen LogP contribution is 2.20. The summed E-state index contributed by atoms with van der Waals surface area (Å²) >= 11 is 8.78. The highest BCUT2D eigenvalue weighted by atomic mass is 79.9. The van der Waals surface area contributed by atoms with Crippen LogP contribution in [0.1, 0.15) is 19.3 Å². The Morgan fingerprint density at radius 2 is 2.05 bits per heavy atom. The van der Waals surface area contributed by atoms with Crippen molar-refractivity contribution < 1.29 is 4.79 Å². The fraction of sp³-hybridized carbons (Fsp3) is 0.429. The molecule has 106 valence electrons. The molecule has 0 unspecified atom stereocenters. The molecule has 0 aliphatic carbocycles. The van der Waals surface area contributed by atoms with Crippen LogP contribution in [0.25, 0.3) is 11.0 Å². The second kappa shape index (κ2) is 5.69. The first-order valence-corrected chi connectivity index (χ1v) is 8.01. The lowest BCUT2D eigenvalue weighted by atomic mass is 10.1. The van der Waals surface area contributed by atoms with Gasteiger partial charge in [0.05, 0.1) is 11.0 Å². The quantitative estimate of drug-likeness (QED) is 0.839. The van der Waals surface area contributed by atoms with Crippen molar-refractivity contribution in [2.75, 3.05) is 13.1 Å². The van der Waals surface area contributed by atoms with Crippen molar-refractivity contribution in [1.29, 1.82) is 0 Å². The number of piperidine rings is 1. The smallest absolute Gasteiger partial charge is 0.242 e. The molecule has 0 radical (unpaired) electrons. The predicted octanol–water partition coefficient (Wildman–Crippen LogP) is 3.47.